The first-order valence-corrected chi connectivity index (χ1v) is 48.6. The summed E-state index contributed by atoms with van der Waals surface area (Å²) in [6.07, 6.45) is 19.5. The Labute approximate surface area is 726 Å². The summed E-state index contributed by atoms with van der Waals surface area (Å²) in [4.78, 5) is 28.4. The first-order valence-electron chi connectivity index (χ1n) is 42.7. The Morgan fingerprint density at radius 3 is 1.17 bits per heavy atom. The summed E-state index contributed by atoms with van der Waals surface area (Å²) in [6, 6.07) is 25.6. The van der Waals surface area contributed by atoms with Crippen molar-refractivity contribution in [2.45, 2.75) is 403 Å². The summed E-state index contributed by atoms with van der Waals surface area (Å²) >= 11 is 10.0. The van der Waals surface area contributed by atoms with Crippen molar-refractivity contribution in [2.75, 3.05) is 0 Å². The van der Waals surface area contributed by atoms with Crippen LogP contribution < -0.4 is 0 Å². The topological polar surface area (TPSA) is 69.6 Å². The summed E-state index contributed by atoms with van der Waals surface area (Å²) < 4.78 is 10.7. The maximum Gasteiger partial charge on any atom is 0.191 e. The van der Waals surface area contributed by atoms with Crippen molar-refractivity contribution in [3.05, 3.63) is 201 Å². The molecule has 0 N–H and O–H groups in total. The molecular formula is C102H161N5OS5Se. The SMILES string of the molecule is CCCCCCCCc1sc(C)c(C(C)(C)C)c1CCCCCCCC.Cc1[se]c(C)c(C(C)(C)C)c1C.Cc1nc(C(C)(C)C)c(C)n1C.Cc1nc(C(C)(C)C)c(C)o1.Cc1nc(C(C)(C)C)c(C)s1.Cc1sc(-c2ccccc2)cc1C(C)(C)C.Cc1sc(-c2ccccc2)nc1C(C)(C)C.Cc1sccc1C(C)(C)C. The van der Waals surface area contributed by atoms with Gasteiger partial charge < -0.3 is 8.98 Å². The molecule has 12 heteroatoms. The Morgan fingerprint density at radius 1 is 0.386 bits per heavy atom. The first-order chi connectivity index (χ1) is 52.4. The van der Waals surface area contributed by atoms with Gasteiger partial charge >= 0.3 is 81.5 Å². The van der Waals surface area contributed by atoms with E-state index in [0.29, 0.717) is 25.3 Å². The van der Waals surface area contributed by atoms with Gasteiger partial charge in [0.15, 0.2) is 5.89 Å². The number of aryl methyl sites for hydroxylation is 12. The molecule has 0 amide bonds. The van der Waals surface area contributed by atoms with E-state index in [9.17, 15) is 0 Å². The second-order valence-electron chi connectivity index (χ2n) is 39.7. The molecule has 0 aliphatic rings. The van der Waals surface area contributed by atoms with Crippen LogP contribution in [0.5, 0.6) is 0 Å². The molecule has 114 heavy (non-hydrogen) atoms. The molecule has 0 unspecified atom stereocenters. The average molecular weight is 1710 g/mol. The van der Waals surface area contributed by atoms with Gasteiger partial charge in [0.2, 0.25) is 0 Å². The van der Waals surface area contributed by atoms with Crippen LogP contribution in [0.3, 0.4) is 0 Å². The Bertz CT molecular complexity index is 4260. The molecule has 8 aromatic heterocycles. The summed E-state index contributed by atoms with van der Waals surface area (Å²) in [5.74, 6) is 2.79. The van der Waals surface area contributed by atoms with Crippen molar-refractivity contribution in [1.29, 1.82) is 0 Å². The number of imidazole rings is 1. The molecule has 10 rings (SSSR count). The van der Waals surface area contributed by atoms with Crippen LogP contribution >= 0.6 is 56.7 Å². The van der Waals surface area contributed by atoms with Gasteiger partial charge in [-0.05, 0) is 150 Å². The average Bonchev–Trinajstić information content (AvgIpc) is 1.67. The third-order valence-electron chi connectivity index (χ3n) is 20.4. The number of benzene rings is 2. The molecule has 8 heterocycles. The van der Waals surface area contributed by atoms with E-state index in [4.69, 9.17) is 9.40 Å². The van der Waals surface area contributed by atoms with Gasteiger partial charge in [-0.25, -0.2) is 19.9 Å². The zero-order valence-corrected chi connectivity index (χ0v) is 85.8. The van der Waals surface area contributed by atoms with E-state index in [0.717, 1.165) is 28.2 Å². The molecule has 0 bridgehead atoms. The molecule has 0 fully saturated rings. The van der Waals surface area contributed by atoms with E-state index in [2.05, 4.69) is 359 Å². The molecule has 0 atom stereocenters. The zero-order chi connectivity index (χ0) is 87.0. The Kier molecular flexibility index (Phi) is 41.3. The maximum atomic E-state index is 5.33. The van der Waals surface area contributed by atoms with Crippen LogP contribution in [0.1, 0.15) is 380 Å². The van der Waals surface area contributed by atoms with Gasteiger partial charge in [-0.2, -0.15) is 0 Å². The molecule has 2 aromatic carbocycles. The van der Waals surface area contributed by atoms with Crippen molar-refractivity contribution in [1.82, 2.24) is 24.5 Å². The fourth-order valence-electron chi connectivity index (χ4n) is 14.9. The predicted octanol–water partition coefficient (Wildman–Crippen LogP) is 32.9. The molecule has 0 saturated carbocycles. The molecular weight excluding hydrogens is 1550 g/mol. The third kappa shape index (κ3) is 33.8. The Balaban J connectivity index is 0.000000344. The number of oxazole rings is 1. The molecule has 0 spiro atoms. The van der Waals surface area contributed by atoms with Crippen LogP contribution in [0, 0.1) is 90.0 Å². The van der Waals surface area contributed by atoms with Crippen LogP contribution in [-0.4, -0.2) is 39.0 Å². The van der Waals surface area contributed by atoms with Crippen molar-refractivity contribution in [2.24, 2.45) is 7.05 Å². The number of rotatable bonds is 16. The number of thiophene rings is 3. The summed E-state index contributed by atoms with van der Waals surface area (Å²) in [7, 11) is 2.06. The van der Waals surface area contributed by atoms with E-state index in [1.165, 1.54) is 164 Å². The van der Waals surface area contributed by atoms with E-state index >= 15 is 0 Å². The third-order valence-corrected chi connectivity index (χ3v) is 27.8. The fraction of sp³-hybridized carbons (Fsp3) is 0.608. The quantitative estimate of drug-likeness (QED) is 0.0712. The summed E-state index contributed by atoms with van der Waals surface area (Å²) in [6.45, 7) is 86.5. The van der Waals surface area contributed by atoms with E-state index < -0.39 is 0 Å². The van der Waals surface area contributed by atoms with Crippen molar-refractivity contribution >= 4 is 71.2 Å². The second kappa shape index (κ2) is 45.6. The molecule has 0 aliphatic heterocycles. The number of aromatic nitrogens is 5. The first kappa shape index (κ1) is 103. The van der Waals surface area contributed by atoms with Crippen LogP contribution in [0.25, 0.3) is 21.0 Å². The van der Waals surface area contributed by atoms with E-state index in [1.54, 1.807) is 63.6 Å². The zero-order valence-electron chi connectivity index (χ0n) is 80.0. The predicted molar refractivity (Wildman–Crippen MR) is 516 cm³/mol. The van der Waals surface area contributed by atoms with Crippen LogP contribution in [-0.2, 0) is 63.2 Å². The monoisotopic (exact) mass is 1710 g/mol. The Morgan fingerprint density at radius 2 is 0.842 bits per heavy atom. The largest absolute Gasteiger partial charge is 0.446 e. The van der Waals surface area contributed by atoms with Crippen molar-refractivity contribution in [3.63, 3.8) is 0 Å². The van der Waals surface area contributed by atoms with Gasteiger partial charge in [0.05, 0.1) is 27.8 Å². The maximum absolute atomic E-state index is 5.33. The minimum absolute atomic E-state index is 0.0991. The minimum atomic E-state index is 0.0991. The smallest absolute Gasteiger partial charge is 0.191 e. The van der Waals surface area contributed by atoms with Crippen molar-refractivity contribution in [3.8, 4) is 21.0 Å². The van der Waals surface area contributed by atoms with Crippen LogP contribution in [0.2, 0.25) is 0 Å². The number of hydrogen-bond donors (Lipinski definition) is 0. The summed E-state index contributed by atoms with van der Waals surface area (Å²) in [5.41, 5.74) is 19.9. The van der Waals surface area contributed by atoms with Crippen LogP contribution in [0.4, 0.5) is 0 Å². The normalized spacial score (nSPS) is 12.0. The molecule has 0 aliphatic carbocycles. The van der Waals surface area contributed by atoms with E-state index in [1.807, 2.05) is 49.5 Å². The van der Waals surface area contributed by atoms with Gasteiger partial charge in [-0.3, -0.25) is 0 Å². The molecule has 6 nitrogen and oxygen atoms in total. The van der Waals surface area contributed by atoms with Gasteiger partial charge in [0, 0.05) is 81.0 Å². The standard InChI is InChI=1S/C25H46S.C15H18S.C14H17NS.C11H18Se.C10H18N2.C9H15NO.C9H15NS.C9H14S/c1-7-9-11-13-15-17-19-22-23(20-18-16-14-12-10-8-2)26-21(3)24(22)25(4,5)6;1-11-13(15(2,3)4)10-14(16-11)12-8-6-5-7-9-12;1-10-12(14(2,3)4)15-13(16-10)11-8-6-5-7-9-11;1-7-8(2)12-9(3)10(7)11(4,5)6;1-7-9(10(3,4)5)11-8(2)12(7)6;2*1-6-8(9(3,4)5)10-7(2)11-6;1-7-8(5-6-10-7)9(2,3)4/h7-20H2,1-6H3;5-10H,1-4H3;5-9H,1-4H3;2*1-6H3;2*1-5H3;5-6H,1-4H3. The minimum Gasteiger partial charge on any atom is -0.446 e. The molecule has 10 aromatic rings. The van der Waals surface area contributed by atoms with Gasteiger partial charge in [0.1, 0.15) is 16.6 Å². The summed E-state index contributed by atoms with van der Waals surface area (Å²) in [5, 5.41) is 4.46. The van der Waals surface area contributed by atoms with Crippen molar-refractivity contribution < 1.29 is 4.42 Å². The molecule has 0 saturated heterocycles. The van der Waals surface area contributed by atoms with Gasteiger partial charge in [-0.1, -0.05) is 284 Å². The fourth-order valence-corrected chi connectivity index (χ4v) is 23.4. The number of thiazole rings is 2. The van der Waals surface area contributed by atoms with Gasteiger partial charge in [-0.15, -0.1) is 56.7 Å². The second-order valence-corrected chi connectivity index (χ2v) is 49.0. The number of unbranched alkanes of at least 4 members (excludes halogenated alkanes) is 10. The van der Waals surface area contributed by atoms with Gasteiger partial charge in [0.25, 0.3) is 0 Å². The Hall–Kier alpha value is -4.78. The number of hydrogen-bond acceptors (Lipinski definition) is 10. The molecule has 0 radical (unpaired) electrons. The molecule has 636 valence electrons. The van der Waals surface area contributed by atoms with E-state index in [-0.39, 0.29) is 32.5 Å². The number of nitrogens with zero attached hydrogens (tertiary/aromatic N) is 5. The van der Waals surface area contributed by atoms with Crippen LogP contribution in [0.15, 0.2) is 82.6 Å².